The minimum absolute atomic E-state index is 0.808. The van der Waals surface area contributed by atoms with Gasteiger partial charge in [-0.25, -0.2) is 4.79 Å². The maximum absolute atomic E-state index is 10.8. The Labute approximate surface area is 60.3 Å². The first-order chi connectivity index (χ1) is 6.15. The van der Waals surface area contributed by atoms with E-state index < -0.39 is 30.9 Å². The van der Waals surface area contributed by atoms with Gasteiger partial charge in [-0.1, -0.05) is 0 Å². The van der Waals surface area contributed by atoms with Crippen LogP contribution >= 0.6 is 0 Å². The van der Waals surface area contributed by atoms with Gasteiger partial charge in [-0.3, -0.25) is 4.79 Å². The molecule has 0 atom stereocenters. The fraction of sp³-hybridized carbons (Fsp3) is 0.333. The average Bonchev–Trinajstić information content (AvgIpc) is 1.98. The van der Waals surface area contributed by atoms with Crippen LogP contribution < -0.4 is 0 Å². The van der Waals surface area contributed by atoms with Crippen LogP contribution in [-0.2, 0) is 14.3 Å². The largest absolute Gasteiger partial charge is 0.466 e. The smallest absolute Gasteiger partial charge is 0.330 e. The summed E-state index contributed by atoms with van der Waals surface area (Å²) in [5, 5.41) is 0. The molecule has 0 aromatic heterocycles. The van der Waals surface area contributed by atoms with Crippen molar-refractivity contribution in [1.29, 1.82) is 0 Å². The van der Waals surface area contributed by atoms with Gasteiger partial charge in [-0.2, -0.15) is 0 Å². The molecule has 0 saturated heterocycles. The van der Waals surface area contributed by atoms with E-state index in [2.05, 4.69) is 4.74 Å². The number of ether oxygens (including phenoxy) is 1. The van der Waals surface area contributed by atoms with E-state index in [-0.39, 0.29) is 0 Å². The summed E-state index contributed by atoms with van der Waals surface area (Å²) < 4.78 is 37.3. The van der Waals surface area contributed by atoms with Crippen molar-refractivity contribution >= 4 is 11.8 Å². The molecule has 0 bridgehead atoms. The van der Waals surface area contributed by atoms with Gasteiger partial charge in [0, 0.05) is 6.05 Å². The Morgan fingerprint density at radius 2 is 2.33 bits per heavy atom. The summed E-state index contributed by atoms with van der Waals surface area (Å²) in [6, 6.07) is -1.94. The van der Waals surface area contributed by atoms with Crippen LogP contribution in [0.2, 0.25) is 0 Å². The van der Waals surface area contributed by atoms with Crippen molar-refractivity contribution in [3.05, 3.63) is 12.1 Å². The SMILES string of the molecule is [2H]/C(C(C)=O)=C(/[2H])C(=O)OC([2H])([2H])[2H]. The fourth-order valence-corrected chi connectivity index (χ4v) is 0.165. The molecule has 9 heavy (non-hydrogen) atoms. The average molecular weight is 133 g/mol. The van der Waals surface area contributed by atoms with Crippen LogP contribution in [0.1, 0.15) is 13.8 Å². The number of allylic oxidation sites excluding steroid dienone is 1. The highest BCUT2D eigenvalue weighted by atomic mass is 16.5. The van der Waals surface area contributed by atoms with Gasteiger partial charge in [-0.05, 0) is 13.0 Å². The summed E-state index contributed by atoms with van der Waals surface area (Å²) >= 11 is 0. The monoisotopic (exact) mass is 133 g/mol. The summed E-state index contributed by atoms with van der Waals surface area (Å²) in [7, 11) is -2.97. The second-order valence-corrected chi connectivity index (χ2v) is 1.20. The number of carbonyl (C=O) groups is 2. The lowest BCUT2D eigenvalue weighted by molar-refractivity contribution is -0.135. The van der Waals surface area contributed by atoms with E-state index in [1.807, 2.05) is 0 Å². The molecule has 0 aromatic carbocycles. The third-order valence-corrected chi connectivity index (χ3v) is 0.433. The molecule has 0 heterocycles. The van der Waals surface area contributed by atoms with Gasteiger partial charge in [-0.15, -0.1) is 0 Å². The van der Waals surface area contributed by atoms with Gasteiger partial charge >= 0.3 is 5.97 Å². The van der Waals surface area contributed by atoms with E-state index in [0.717, 1.165) is 6.92 Å². The molecule has 0 saturated carbocycles. The number of methoxy groups -OCH3 is 1. The van der Waals surface area contributed by atoms with Crippen LogP contribution in [0, 0.1) is 0 Å². The third kappa shape index (κ3) is 4.74. The maximum atomic E-state index is 10.8. The van der Waals surface area contributed by atoms with Crippen LogP contribution in [-0.4, -0.2) is 18.8 Å². The lowest BCUT2D eigenvalue weighted by Crippen LogP contribution is -1.95. The Morgan fingerprint density at radius 1 is 1.67 bits per heavy atom. The van der Waals surface area contributed by atoms with E-state index in [9.17, 15) is 9.59 Å². The topological polar surface area (TPSA) is 43.4 Å². The lowest BCUT2D eigenvalue weighted by Gasteiger charge is -1.85. The van der Waals surface area contributed by atoms with Gasteiger partial charge in [0.15, 0.2) is 5.78 Å². The van der Waals surface area contributed by atoms with Crippen molar-refractivity contribution in [1.82, 2.24) is 0 Å². The minimum atomic E-state index is -2.97. The van der Waals surface area contributed by atoms with Crippen molar-refractivity contribution in [2.75, 3.05) is 7.04 Å². The summed E-state index contributed by atoms with van der Waals surface area (Å²) in [5.74, 6) is -2.32. The molecule has 0 amide bonds. The first kappa shape index (κ1) is 2.64. The highest BCUT2D eigenvalue weighted by molar-refractivity contribution is 5.94. The number of esters is 1. The molecular weight excluding hydrogens is 120 g/mol. The molecule has 0 aliphatic heterocycles. The van der Waals surface area contributed by atoms with E-state index in [4.69, 9.17) is 6.85 Å². The molecule has 0 fully saturated rings. The first-order valence-electron chi connectivity index (χ1n) is 4.57. The predicted octanol–water partition coefficient (Wildman–Crippen LogP) is 0.305. The molecule has 50 valence electrons. The van der Waals surface area contributed by atoms with Crippen LogP contribution in [0.5, 0.6) is 0 Å². The number of hydrogen-bond acceptors (Lipinski definition) is 3. The van der Waals surface area contributed by atoms with Crippen molar-refractivity contribution < 1.29 is 21.2 Å². The zero-order chi connectivity index (χ0) is 11.5. The summed E-state index contributed by atoms with van der Waals surface area (Å²) in [6.07, 6.45) is 0. The predicted molar refractivity (Wildman–Crippen MR) is 31.8 cm³/mol. The quantitative estimate of drug-likeness (QED) is 0.402. The zero-order valence-electron chi connectivity index (χ0n) is 9.72. The molecule has 0 aromatic rings. The van der Waals surface area contributed by atoms with E-state index >= 15 is 0 Å². The number of carbonyl (C=O) groups excluding carboxylic acids is 2. The van der Waals surface area contributed by atoms with Crippen LogP contribution in [0.3, 0.4) is 0 Å². The Hall–Kier alpha value is -1.12. The lowest BCUT2D eigenvalue weighted by atomic mass is 10.4. The van der Waals surface area contributed by atoms with Crippen molar-refractivity contribution in [2.24, 2.45) is 0 Å². The maximum Gasteiger partial charge on any atom is 0.330 e. The highest BCUT2D eigenvalue weighted by Crippen LogP contribution is 1.78. The van der Waals surface area contributed by atoms with E-state index in [1.54, 1.807) is 0 Å². The number of hydrogen-bond donors (Lipinski definition) is 0. The molecule has 0 unspecified atom stereocenters. The summed E-state index contributed by atoms with van der Waals surface area (Å²) in [4.78, 5) is 21.3. The standard InChI is InChI=1S/C6H8O3/c1-5(7)3-4-6(8)9-2/h3-4H,1-2H3/b4-3+/i2D3,3D,4D. The van der Waals surface area contributed by atoms with Crippen molar-refractivity contribution in [2.45, 2.75) is 6.92 Å². The van der Waals surface area contributed by atoms with Crippen molar-refractivity contribution in [3.63, 3.8) is 0 Å². The normalized spacial score (nSPS) is 21.2. The molecule has 0 spiro atoms. The van der Waals surface area contributed by atoms with Crippen LogP contribution in [0.25, 0.3) is 0 Å². The number of rotatable bonds is 2. The molecule has 0 rings (SSSR count). The molecule has 0 N–H and O–H groups in total. The molecular formula is C6H8O3. The van der Waals surface area contributed by atoms with Crippen LogP contribution in [0.15, 0.2) is 12.1 Å². The van der Waals surface area contributed by atoms with E-state index in [0.29, 0.717) is 0 Å². The second-order valence-electron chi connectivity index (χ2n) is 1.20. The first-order valence-corrected chi connectivity index (χ1v) is 2.07. The zero-order valence-corrected chi connectivity index (χ0v) is 4.72. The second kappa shape index (κ2) is 3.83. The third-order valence-electron chi connectivity index (χ3n) is 0.433. The Bertz CT molecular complexity index is 290. The number of ketones is 1. The van der Waals surface area contributed by atoms with Crippen LogP contribution in [0.4, 0.5) is 0 Å². The van der Waals surface area contributed by atoms with Crippen molar-refractivity contribution in [3.8, 4) is 0 Å². The molecule has 3 nitrogen and oxygen atoms in total. The Morgan fingerprint density at radius 3 is 2.78 bits per heavy atom. The van der Waals surface area contributed by atoms with Gasteiger partial charge in [0.2, 0.25) is 0 Å². The Kier molecular flexibility index (Phi) is 1.12. The summed E-state index contributed by atoms with van der Waals surface area (Å²) in [6.45, 7) is 0.986. The van der Waals surface area contributed by atoms with E-state index in [1.165, 1.54) is 0 Å². The molecule has 0 radical (unpaired) electrons. The highest BCUT2D eigenvalue weighted by Gasteiger charge is 1.89. The molecule has 0 aliphatic rings. The minimum Gasteiger partial charge on any atom is -0.466 e. The van der Waals surface area contributed by atoms with Gasteiger partial charge in [0.1, 0.15) is 0 Å². The summed E-state index contributed by atoms with van der Waals surface area (Å²) in [5.41, 5.74) is 0. The van der Waals surface area contributed by atoms with Gasteiger partial charge in [0.25, 0.3) is 0 Å². The van der Waals surface area contributed by atoms with Gasteiger partial charge < -0.3 is 4.74 Å². The van der Waals surface area contributed by atoms with Gasteiger partial charge in [0.05, 0.1) is 13.9 Å². The Balaban J connectivity index is 4.72. The molecule has 3 heteroatoms. The fourth-order valence-electron chi connectivity index (χ4n) is 0.165. The molecule has 0 aliphatic carbocycles.